The molecule has 0 aliphatic carbocycles. The maximum absolute atomic E-state index is 11.7. The Hall–Kier alpha value is -2.22. The molecule has 0 aliphatic heterocycles. The Balaban J connectivity index is 1.90. The van der Waals surface area contributed by atoms with Crippen molar-refractivity contribution in [2.45, 2.75) is 32.7 Å². The summed E-state index contributed by atoms with van der Waals surface area (Å²) >= 11 is 1.58. The first kappa shape index (κ1) is 16.2. The molecule has 0 saturated carbocycles. The number of thiophene rings is 1. The van der Waals surface area contributed by atoms with E-state index in [1.807, 2.05) is 13.0 Å². The largest absolute Gasteiger partial charge is 0.480 e. The van der Waals surface area contributed by atoms with Gasteiger partial charge in [0.1, 0.15) is 23.0 Å². The number of amides is 1. The van der Waals surface area contributed by atoms with E-state index in [1.165, 1.54) is 6.33 Å². The van der Waals surface area contributed by atoms with Crippen LogP contribution in [0.3, 0.4) is 0 Å². The van der Waals surface area contributed by atoms with Gasteiger partial charge in [-0.3, -0.25) is 4.79 Å². The molecule has 0 aromatic carbocycles. The van der Waals surface area contributed by atoms with Gasteiger partial charge in [0.2, 0.25) is 5.91 Å². The normalized spacial score (nSPS) is 12.1. The van der Waals surface area contributed by atoms with E-state index in [4.69, 9.17) is 5.11 Å². The molecule has 2 rings (SSSR count). The third-order valence-electron chi connectivity index (χ3n) is 3.14. The number of anilines is 1. The third-order valence-corrected chi connectivity index (χ3v) is 4.10. The fourth-order valence-corrected chi connectivity index (χ4v) is 2.86. The molecule has 0 saturated heterocycles. The summed E-state index contributed by atoms with van der Waals surface area (Å²) in [5, 5.41) is 15.4. The van der Waals surface area contributed by atoms with Crippen LogP contribution in [0.15, 0.2) is 12.4 Å². The second-order valence-corrected chi connectivity index (χ2v) is 6.08. The van der Waals surface area contributed by atoms with Crippen molar-refractivity contribution in [2.24, 2.45) is 0 Å². The Bertz CT molecular complexity index is 686. The molecule has 1 atom stereocenters. The maximum atomic E-state index is 11.7. The van der Waals surface area contributed by atoms with Gasteiger partial charge in [-0.15, -0.1) is 11.3 Å². The number of aryl methyl sites for hydroxylation is 1. The first-order valence-corrected chi connectivity index (χ1v) is 7.80. The van der Waals surface area contributed by atoms with E-state index in [1.54, 1.807) is 18.3 Å². The molecule has 1 amide bonds. The second-order valence-electron chi connectivity index (χ2n) is 4.84. The quantitative estimate of drug-likeness (QED) is 0.718. The van der Waals surface area contributed by atoms with E-state index in [0.717, 1.165) is 15.1 Å². The van der Waals surface area contributed by atoms with Crippen molar-refractivity contribution < 1.29 is 14.7 Å². The lowest BCUT2D eigenvalue weighted by Crippen LogP contribution is -2.40. The van der Waals surface area contributed by atoms with Crippen LogP contribution < -0.4 is 10.6 Å². The highest BCUT2D eigenvalue weighted by atomic mass is 32.1. The highest BCUT2D eigenvalue weighted by Gasteiger charge is 2.17. The summed E-state index contributed by atoms with van der Waals surface area (Å²) in [6.45, 7) is 4.09. The zero-order valence-corrected chi connectivity index (χ0v) is 13.2. The Morgan fingerprint density at radius 1 is 1.41 bits per heavy atom. The van der Waals surface area contributed by atoms with Gasteiger partial charge in [0.05, 0.1) is 5.39 Å². The summed E-state index contributed by atoms with van der Waals surface area (Å²) in [7, 11) is 0. The SMILES string of the molecule is CCC(NC(=O)CCNc1ncnc2sc(C)cc12)C(=O)O. The van der Waals surface area contributed by atoms with E-state index < -0.39 is 12.0 Å². The summed E-state index contributed by atoms with van der Waals surface area (Å²) in [6.07, 6.45) is 2.02. The smallest absolute Gasteiger partial charge is 0.326 e. The topological polar surface area (TPSA) is 104 Å². The van der Waals surface area contributed by atoms with Crippen molar-refractivity contribution in [3.8, 4) is 0 Å². The maximum Gasteiger partial charge on any atom is 0.326 e. The van der Waals surface area contributed by atoms with Crippen molar-refractivity contribution in [3.63, 3.8) is 0 Å². The zero-order chi connectivity index (χ0) is 16.1. The number of carboxylic acid groups (broad SMARTS) is 1. The molecule has 3 N–H and O–H groups in total. The van der Waals surface area contributed by atoms with Crippen molar-refractivity contribution in [1.82, 2.24) is 15.3 Å². The number of fused-ring (bicyclic) bond motifs is 1. The lowest BCUT2D eigenvalue weighted by molar-refractivity contribution is -0.141. The molecular weight excluding hydrogens is 304 g/mol. The van der Waals surface area contributed by atoms with Gasteiger partial charge < -0.3 is 15.7 Å². The lowest BCUT2D eigenvalue weighted by atomic mass is 10.2. The Labute approximate surface area is 131 Å². The number of carbonyl (C=O) groups excluding carboxylic acids is 1. The average molecular weight is 322 g/mol. The van der Waals surface area contributed by atoms with Crippen LogP contribution in [-0.4, -0.2) is 39.5 Å². The molecule has 8 heteroatoms. The van der Waals surface area contributed by atoms with Crippen LogP contribution in [0, 0.1) is 6.92 Å². The first-order chi connectivity index (χ1) is 10.5. The Morgan fingerprint density at radius 3 is 2.86 bits per heavy atom. The number of rotatable bonds is 7. The summed E-state index contributed by atoms with van der Waals surface area (Å²) in [5.74, 6) is -0.629. The van der Waals surface area contributed by atoms with E-state index in [2.05, 4.69) is 20.6 Å². The molecule has 0 fully saturated rings. The molecule has 2 heterocycles. The van der Waals surface area contributed by atoms with Gasteiger partial charge in [0.25, 0.3) is 0 Å². The molecule has 7 nitrogen and oxygen atoms in total. The van der Waals surface area contributed by atoms with Crippen LogP contribution in [-0.2, 0) is 9.59 Å². The predicted octanol–water partition coefficient (Wildman–Crippen LogP) is 1.78. The zero-order valence-electron chi connectivity index (χ0n) is 12.4. The van der Waals surface area contributed by atoms with E-state index in [9.17, 15) is 9.59 Å². The Morgan fingerprint density at radius 2 is 2.18 bits per heavy atom. The fourth-order valence-electron chi connectivity index (χ4n) is 2.02. The van der Waals surface area contributed by atoms with Gasteiger partial charge in [-0.05, 0) is 19.4 Å². The molecule has 2 aromatic heterocycles. The van der Waals surface area contributed by atoms with Crippen molar-refractivity contribution in [1.29, 1.82) is 0 Å². The van der Waals surface area contributed by atoms with Gasteiger partial charge in [-0.25, -0.2) is 14.8 Å². The minimum Gasteiger partial charge on any atom is -0.480 e. The summed E-state index contributed by atoms with van der Waals surface area (Å²) in [4.78, 5) is 33.0. The van der Waals surface area contributed by atoms with Crippen molar-refractivity contribution in [3.05, 3.63) is 17.3 Å². The molecule has 2 aromatic rings. The molecule has 0 bridgehead atoms. The van der Waals surface area contributed by atoms with E-state index >= 15 is 0 Å². The number of hydrogen-bond donors (Lipinski definition) is 3. The minimum atomic E-state index is -1.02. The molecule has 0 spiro atoms. The number of carbonyl (C=O) groups is 2. The van der Waals surface area contributed by atoms with Gasteiger partial charge in [-0.2, -0.15) is 0 Å². The number of nitrogens with zero attached hydrogens (tertiary/aromatic N) is 2. The number of nitrogens with one attached hydrogen (secondary N) is 2. The highest BCUT2D eigenvalue weighted by Crippen LogP contribution is 2.27. The monoisotopic (exact) mass is 322 g/mol. The molecule has 22 heavy (non-hydrogen) atoms. The molecule has 0 aliphatic rings. The molecule has 1 unspecified atom stereocenters. The highest BCUT2D eigenvalue weighted by molar-refractivity contribution is 7.18. The minimum absolute atomic E-state index is 0.179. The van der Waals surface area contributed by atoms with Crippen LogP contribution in [0.5, 0.6) is 0 Å². The number of carboxylic acids is 1. The summed E-state index contributed by atoms with van der Waals surface area (Å²) in [6, 6.07) is 1.16. The number of aromatic nitrogens is 2. The van der Waals surface area contributed by atoms with Crippen LogP contribution in [0.4, 0.5) is 5.82 Å². The standard InChI is InChI=1S/C14H18N4O3S/c1-3-10(14(20)21)18-11(19)4-5-15-12-9-6-8(2)22-13(9)17-7-16-12/h6-7,10H,3-5H2,1-2H3,(H,18,19)(H,20,21)(H,15,16,17). The number of aliphatic carboxylic acids is 1. The van der Waals surface area contributed by atoms with Gasteiger partial charge in [0.15, 0.2) is 0 Å². The summed E-state index contributed by atoms with van der Waals surface area (Å²) in [5.41, 5.74) is 0. The number of hydrogen-bond acceptors (Lipinski definition) is 6. The van der Waals surface area contributed by atoms with Crippen molar-refractivity contribution in [2.75, 3.05) is 11.9 Å². The first-order valence-electron chi connectivity index (χ1n) is 6.98. The van der Waals surface area contributed by atoms with Gasteiger partial charge in [0, 0.05) is 17.8 Å². The average Bonchev–Trinajstić information content (AvgIpc) is 2.85. The van der Waals surface area contributed by atoms with E-state index in [-0.39, 0.29) is 12.3 Å². The molecular formula is C14H18N4O3S. The van der Waals surface area contributed by atoms with Crippen molar-refractivity contribution >= 4 is 39.2 Å². The predicted molar refractivity (Wildman–Crippen MR) is 85.1 cm³/mol. The van der Waals surface area contributed by atoms with Crippen LogP contribution in [0.2, 0.25) is 0 Å². The fraction of sp³-hybridized carbons (Fsp3) is 0.429. The van der Waals surface area contributed by atoms with E-state index in [0.29, 0.717) is 18.8 Å². The van der Waals surface area contributed by atoms with Gasteiger partial charge >= 0.3 is 5.97 Å². The van der Waals surface area contributed by atoms with Crippen LogP contribution in [0.1, 0.15) is 24.6 Å². The second kappa shape index (κ2) is 7.17. The van der Waals surface area contributed by atoms with Crippen LogP contribution >= 0.6 is 11.3 Å². The Kier molecular flexibility index (Phi) is 5.26. The van der Waals surface area contributed by atoms with Crippen LogP contribution in [0.25, 0.3) is 10.2 Å². The molecule has 118 valence electrons. The summed E-state index contributed by atoms with van der Waals surface area (Å²) < 4.78 is 0. The van der Waals surface area contributed by atoms with Gasteiger partial charge in [-0.1, -0.05) is 6.92 Å². The molecule has 0 radical (unpaired) electrons. The third kappa shape index (κ3) is 3.91. The lowest BCUT2D eigenvalue weighted by Gasteiger charge is -2.12.